The van der Waals surface area contributed by atoms with Gasteiger partial charge in [-0.1, -0.05) is 28.1 Å². The molecule has 3 nitrogen and oxygen atoms in total. The Balaban J connectivity index is 1.99. The Hall–Kier alpha value is -1.59. The van der Waals surface area contributed by atoms with Gasteiger partial charge in [0.25, 0.3) is 0 Å². The number of halogens is 2. The minimum atomic E-state index is -0.251. The summed E-state index contributed by atoms with van der Waals surface area (Å²) in [5.74, 6) is 1.19. The molecule has 3 rings (SSSR count). The van der Waals surface area contributed by atoms with Crippen LogP contribution >= 0.6 is 15.9 Å². The molecule has 1 unspecified atom stereocenters. The predicted molar refractivity (Wildman–Crippen MR) is 82.4 cm³/mol. The van der Waals surface area contributed by atoms with Gasteiger partial charge in [0.05, 0.1) is 6.04 Å². The van der Waals surface area contributed by atoms with E-state index in [1.807, 2.05) is 31.3 Å². The van der Waals surface area contributed by atoms with Gasteiger partial charge < -0.3 is 14.8 Å². The van der Waals surface area contributed by atoms with Gasteiger partial charge in [0, 0.05) is 10.0 Å². The van der Waals surface area contributed by atoms with Crippen LogP contribution in [0.25, 0.3) is 0 Å². The fourth-order valence-electron chi connectivity index (χ4n) is 2.48. The van der Waals surface area contributed by atoms with E-state index < -0.39 is 0 Å². The third-order valence-electron chi connectivity index (χ3n) is 3.46. The first kappa shape index (κ1) is 14.4. The average Bonchev–Trinajstić information content (AvgIpc) is 2.50. The maximum absolute atomic E-state index is 14.2. The summed E-state index contributed by atoms with van der Waals surface area (Å²) < 4.78 is 26.0. The smallest absolute Gasteiger partial charge is 0.161 e. The fourth-order valence-corrected chi connectivity index (χ4v) is 2.81. The summed E-state index contributed by atoms with van der Waals surface area (Å²) in [6.07, 6.45) is 0. The number of nitrogens with one attached hydrogen (secondary N) is 1. The molecule has 1 atom stereocenters. The molecule has 0 amide bonds. The first-order chi connectivity index (χ1) is 10.2. The van der Waals surface area contributed by atoms with Crippen molar-refractivity contribution in [3.63, 3.8) is 0 Å². The number of hydrogen-bond acceptors (Lipinski definition) is 3. The summed E-state index contributed by atoms with van der Waals surface area (Å²) >= 11 is 3.28. The van der Waals surface area contributed by atoms with Crippen LogP contribution in [0.4, 0.5) is 4.39 Å². The lowest BCUT2D eigenvalue weighted by Crippen LogP contribution is -2.20. The first-order valence-electron chi connectivity index (χ1n) is 6.71. The van der Waals surface area contributed by atoms with Gasteiger partial charge in [-0.3, -0.25) is 0 Å². The minimum Gasteiger partial charge on any atom is -0.486 e. The molecule has 1 aliphatic heterocycles. The Morgan fingerprint density at radius 1 is 1.10 bits per heavy atom. The molecule has 5 heteroatoms. The lowest BCUT2D eigenvalue weighted by Gasteiger charge is -2.22. The highest BCUT2D eigenvalue weighted by atomic mass is 79.9. The predicted octanol–water partition coefficient (Wildman–Crippen LogP) is 3.67. The Kier molecular flexibility index (Phi) is 4.12. The molecule has 0 radical (unpaired) electrons. The van der Waals surface area contributed by atoms with E-state index in [9.17, 15) is 4.39 Å². The zero-order valence-electron chi connectivity index (χ0n) is 11.5. The van der Waals surface area contributed by atoms with Crippen molar-refractivity contribution in [3.8, 4) is 11.5 Å². The molecule has 0 fully saturated rings. The van der Waals surface area contributed by atoms with Crippen LogP contribution in [-0.4, -0.2) is 20.3 Å². The molecule has 1 aliphatic rings. The van der Waals surface area contributed by atoms with Crippen molar-refractivity contribution in [2.75, 3.05) is 20.3 Å². The topological polar surface area (TPSA) is 30.5 Å². The lowest BCUT2D eigenvalue weighted by atomic mass is 9.98. The van der Waals surface area contributed by atoms with Crippen molar-refractivity contribution in [2.45, 2.75) is 6.04 Å². The molecular weight excluding hydrogens is 337 g/mol. The quantitative estimate of drug-likeness (QED) is 0.915. The number of hydrogen-bond donors (Lipinski definition) is 1. The molecule has 110 valence electrons. The zero-order chi connectivity index (χ0) is 14.8. The van der Waals surface area contributed by atoms with Crippen LogP contribution in [0, 0.1) is 5.82 Å². The molecule has 2 aromatic rings. The Bertz CT molecular complexity index is 663. The van der Waals surface area contributed by atoms with Crippen LogP contribution in [0.2, 0.25) is 0 Å². The highest BCUT2D eigenvalue weighted by molar-refractivity contribution is 9.10. The largest absolute Gasteiger partial charge is 0.486 e. The van der Waals surface area contributed by atoms with E-state index in [4.69, 9.17) is 9.47 Å². The second-order valence-electron chi connectivity index (χ2n) is 4.79. The third-order valence-corrected chi connectivity index (χ3v) is 3.95. The van der Waals surface area contributed by atoms with E-state index in [0.717, 1.165) is 15.8 Å². The molecule has 1 heterocycles. The maximum Gasteiger partial charge on any atom is 0.161 e. The third kappa shape index (κ3) is 2.89. The Labute approximate surface area is 131 Å². The van der Waals surface area contributed by atoms with Crippen molar-refractivity contribution < 1.29 is 13.9 Å². The first-order valence-corrected chi connectivity index (χ1v) is 7.50. The maximum atomic E-state index is 14.2. The second-order valence-corrected chi connectivity index (χ2v) is 5.71. The van der Waals surface area contributed by atoms with Gasteiger partial charge in [-0.25, -0.2) is 4.39 Å². The molecule has 0 spiro atoms. The molecule has 2 aromatic carbocycles. The standard InChI is InChI=1S/C16H15BrFNO2/c1-19-16(12-4-3-11(17)9-13(12)18)10-2-5-14-15(8-10)21-7-6-20-14/h2-5,8-9,16,19H,6-7H2,1H3. The number of ether oxygens (including phenoxy) is 2. The Morgan fingerprint density at radius 2 is 1.86 bits per heavy atom. The lowest BCUT2D eigenvalue weighted by molar-refractivity contribution is 0.171. The van der Waals surface area contributed by atoms with Crippen LogP contribution in [0.3, 0.4) is 0 Å². The number of benzene rings is 2. The van der Waals surface area contributed by atoms with Gasteiger partial charge in [-0.15, -0.1) is 0 Å². The highest BCUT2D eigenvalue weighted by Crippen LogP contribution is 2.35. The van der Waals surface area contributed by atoms with E-state index in [-0.39, 0.29) is 11.9 Å². The Morgan fingerprint density at radius 3 is 2.57 bits per heavy atom. The van der Waals surface area contributed by atoms with Crippen molar-refractivity contribution in [3.05, 3.63) is 57.8 Å². The van der Waals surface area contributed by atoms with Crippen molar-refractivity contribution in [1.82, 2.24) is 5.32 Å². The summed E-state index contributed by atoms with van der Waals surface area (Å²) in [5, 5.41) is 3.15. The van der Waals surface area contributed by atoms with Gasteiger partial charge in [0.15, 0.2) is 11.5 Å². The highest BCUT2D eigenvalue weighted by Gasteiger charge is 2.19. The molecule has 1 N–H and O–H groups in total. The van der Waals surface area contributed by atoms with E-state index in [1.54, 1.807) is 6.07 Å². The minimum absolute atomic E-state index is 0.242. The van der Waals surface area contributed by atoms with Crippen molar-refractivity contribution in [2.24, 2.45) is 0 Å². The van der Waals surface area contributed by atoms with Gasteiger partial charge in [0.1, 0.15) is 19.0 Å². The van der Waals surface area contributed by atoms with Crippen molar-refractivity contribution in [1.29, 1.82) is 0 Å². The monoisotopic (exact) mass is 351 g/mol. The molecule has 0 saturated heterocycles. The van der Waals surface area contributed by atoms with Crippen LogP contribution < -0.4 is 14.8 Å². The summed E-state index contributed by atoms with van der Waals surface area (Å²) in [5.41, 5.74) is 1.53. The molecular formula is C16H15BrFNO2. The van der Waals surface area contributed by atoms with E-state index in [2.05, 4.69) is 21.2 Å². The van der Waals surface area contributed by atoms with Crippen LogP contribution in [0.15, 0.2) is 40.9 Å². The van der Waals surface area contributed by atoms with E-state index in [1.165, 1.54) is 6.07 Å². The SMILES string of the molecule is CNC(c1ccc2c(c1)OCCO2)c1ccc(Br)cc1F. The fraction of sp³-hybridized carbons (Fsp3) is 0.250. The second kappa shape index (κ2) is 6.03. The summed E-state index contributed by atoms with van der Waals surface area (Å²) in [4.78, 5) is 0. The van der Waals surface area contributed by atoms with Gasteiger partial charge in [0.2, 0.25) is 0 Å². The average molecular weight is 352 g/mol. The van der Waals surface area contributed by atoms with Crippen LogP contribution in [0.5, 0.6) is 11.5 Å². The van der Waals surface area contributed by atoms with Gasteiger partial charge in [-0.2, -0.15) is 0 Å². The normalized spacial score (nSPS) is 14.8. The molecule has 0 bridgehead atoms. The van der Waals surface area contributed by atoms with Gasteiger partial charge >= 0.3 is 0 Å². The van der Waals surface area contributed by atoms with E-state index in [0.29, 0.717) is 24.5 Å². The molecule has 0 aromatic heterocycles. The number of rotatable bonds is 3. The molecule has 21 heavy (non-hydrogen) atoms. The van der Waals surface area contributed by atoms with Gasteiger partial charge in [-0.05, 0) is 36.9 Å². The molecule has 0 aliphatic carbocycles. The van der Waals surface area contributed by atoms with Crippen LogP contribution in [-0.2, 0) is 0 Å². The van der Waals surface area contributed by atoms with E-state index >= 15 is 0 Å². The summed E-state index contributed by atoms with van der Waals surface area (Å²) in [6.45, 7) is 1.09. The summed E-state index contributed by atoms with van der Waals surface area (Å²) in [7, 11) is 1.81. The summed E-state index contributed by atoms with van der Waals surface area (Å²) in [6, 6.07) is 10.5. The number of fused-ring (bicyclic) bond motifs is 1. The molecule has 0 saturated carbocycles. The van der Waals surface area contributed by atoms with Crippen LogP contribution in [0.1, 0.15) is 17.2 Å². The zero-order valence-corrected chi connectivity index (χ0v) is 13.1. The van der Waals surface area contributed by atoms with Crippen molar-refractivity contribution >= 4 is 15.9 Å².